The third-order valence-electron chi connectivity index (χ3n) is 4.59. The summed E-state index contributed by atoms with van der Waals surface area (Å²) in [5.74, 6) is -0.792. The van der Waals surface area contributed by atoms with Crippen LogP contribution in [-0.2, 0) is 9.53 Å². The van der Waals surface area contributed by atoms with Crippen LogP contribution in [0.4, 0.5) is 5.69 Å². The van der Waals surface area contributed by atoms with Crippen molar-refractivity contribution in [2.45, 2.75) is 52.7 Å². The zero-order chi connectivity index (χ0) is 18.1. The average molecular weight is 340 g/mol. The first kappa shape index (κ1) is 17.3. The Morgan fingerprint density at radius 3 is 2.40 bits per heavy atom. The number of aryl methyl sites for hydroxylation is 2. The number of carbonyl (C=O) groups excluding carboxylic acids is 2. The van der Waals surface area contributed by atoms with Crippen molar-refractivity contribution in [1.82, 2.24) is 4.57 Å². The van der Waals surface area contributed by atoms with E-state index in [0.717, 1.165) is 29.8 Å². The van der Waals surface area contributed by atoms with Crippen LogP contribution in [0.2, 0.25) is 0 Å². The Morgan fingerprint density at radius 1 is 1.16 bits per heavy atom. The number of ether oxygens (including phenoxy) is 1. The van der Waals surface area contributed by atoms with Crippen LogP contribution in [0.1, 0.15) is 53.1 Å². The summed E-state index contributed by atoms with van der Waals surface area (Å²) < 4.78 is 7.57. The van der Waals surface area contributed by atoms with Gasteiger partial charge in [0.05, 0.1) is 5.56 Å². The molecule has 3 rings (SSSR count). The second-order valence-corrected chi connectivity index (χ2v) is 6.79. The predicted octanol–water partition coefficient (Wildman–Crippen LogP) is 3.93. The Labute approximate surface area is 148 Å². The highest BCUT2D eigenvalue weighted by Gasteiger charge is 2.29. The molecule has 1 fully saturated rings. The molecule has 0 unspecified atom stereocenters. The molecule has 1 amide bonds. The molecule has 1 saturated carbocycles. The lowest BCUT2D eigenvalue weighted by Crippen LogP contribution is -2.30. The Bertz CT molecular complexity index is 801. The average Bonchev–Trinajstić information content (AvgIpc) is 3.34. The summed E-state index contributed by atoms with van der Waals surface area (Å²) in [6.07, 6.45) is 1.44. The number of nitrogens with one attached hydrogen (secondary N) is 1. The van der Waals surface area contributed by atoms with Crippen LogP contribution >= 0.6 is 0 Å². The maximum Gasteiger partial charge on any atom is 0.340 e. The van der Waals surface area contributed by atoms with E-state index in [1.807, 2.05) is 51.1 Å². The van der Waals surface area contributed by atoms with Gasteiger partial charge in [0, 0.05) is 23.1 Å². The number of rotatable bonds is 5. The molecule has 1 heterocycles. The first-order chi connectivity index (χ1) is 11.9. The van der Waals surface area contributed by atoms with Crippen molar-refractivity contribution in [3.05, 3.63) is 52.8 Å². The number of hydrogen-bond donors (Lipinski definition) is 1. The zero-order valence-corrected chi connectivity index (χ0v) is 15.1. The highest BCUT2D eigenvalue weighted by molar-refractivity contribution is 5.97. The first-order valence-corrected chi connectivity index (χ1v) is 8.63. The third kappa shape index (κ3) is 3.76. The minimum absolute atomic E-state index is 0.340. The van der Waals surface area contributed by atoms with Gasteiger partial charge in [-0.1, -0.05) is 17.7 Å². The van der Waals surface area contributed by atoms with Crippen molar-refractivity contribution in [2.75, 3.05) is 5.32 Å². The molecule has 1 aromatic carbocycles. The highest BCUT2D eigenvalue weighted by Crippen LogP contribution is 2.38. The van der Waals surface area contributed by atoms with Crippen LogP contribution in [-0.4, -0.2) is 22.5 Å². The molecule has 0 saturated heterocycles. The lowest BCUT2D eigenvalue weighted by atomic mass is 10.2. The van der Waals surface area contributed by atoms with E-state index in [2.05, 4.69) is 9.88 Å². The van der Waals surface area contributed by atoms with Crippen LogP contribution in [0.5, 0.6) is 0 Å². The van der Waals surface area contributed by atoms with Gasteiger partial charge in [-0.05, 0) is 58.7 Å². The maximum atomic E-state index is 12.5. The van der Waals surface area contributed by atoms with E-state index in [1.54, 1.807) is 6.92 Å². The van der Waals surface area contributed by atoms with Gasteiger partial charge in [-0.3, -0.25) is 4.79 Å². The van der Waals surface area contributed by atoms with Gasteiger partial charge in [0.15, 0.2) is 6.10 Å². The first-order valence-electron chi connectivity index (χ1n) is 8.63. The molecule has 1 N–H and O–H groups in total. The molecule has 0 aliphatic heterocycles. The molecule has 0 spiro atoms. The molecular formula is C20H24N2O3. The zero-order valence-electron chi connectivity index (χ0n) is 15.1. The standard InChI is InChI=1S/C20H24N2O3/c1-12-5-7-16(8-6-12)21-19(23)15(4)25-20(24)18-11-13(2)22(14(18)3)17-9-10-17/h5-8,11,15,17H,9-10H2,1-4H3,(H,21,23)/t15-/m0/s1. The number of nitrogens with zero attached hydrogens (tertiary/aromatic N) is 1. The van der Waals surface area contributed by atoms with E-state index in [1.165, 1.54) is 0 Å². The fourth-order valence-corrected chi connectivity index (χ4v) is 3.04. The summed E-state index contributed by atoms with van der Waals surface area (Å²) in [6, 6.07) is 9.83. The van der Waals surface area contributed by atoms with Gasteiger partial charge in [0.25, 0.3) is 5.91 Å². The summed E-state index contributed by atoms with van der Waals surface area (Å²) in [7, 11) is 0. The minimum atomic E-state index is -0.863. The second-order valence-electron chi connectivity index (χ2n) is 6.79. The monoisotopic (exact) mass is 340 g/mol. The van der Waals surface area contributed by atoms with Gasteiger partial charge in [-0.15, -0.1) is 0 Å². The van der Waals surface area contributed by atoms with Crippen LogP contribution in [0.25, 0.3) is 0 Å². The van der Waals surface area contributed by atoms with Gasteiger partial charge < -0.3 is 14.6 Å². The van der Waals surface area contributed by atoms with E-state index in [-0.39, 0.29) is 5.91 Å². The van der Waals surface area contributed by atoms with Gasteiger partial charge in [0.2, 0.25) is 0 Å². The molecule has 132 valence electrons. The normalized spacial score (nSPS) is 14.9. The van der Waals surface area contributed by atoms with E-state index < -0.39 is 12.1 Å². The largest absolute Gasteiger partial charge is 0.449 e. The van der Waals surface area contributed by atoms with E-state index in [4.69, 9.17) is 4.74 Å². The minimum Gasteiger partial charge on any atom is -0.449 e. The lowest BCUT2D eigenvalue weighted by Gasteiger charge is -2.14. The molecule has 1 aliphatic carbocycles. The SMILES string of the molecule is Cc1ccc(NC(=O)[C@H](C)OC(=O)c2cc(C)n(C3CC3)c2C)cc1. The van der Waals surface area contributed by atoms with E-state index in [0.29, 0.717) is 17.3 Å². The number of esters is 1. The van der Waals surface area contributed by atoms with Gasteiger partial charge >= 0.3 is 5.97 Å². The highest BCUT2D eigenvalue weighted by atomic mass is 16.5. The molecule has 1 atom stereocenters. The summed E-state index contributed by atoms with van der Waals surface area (Å²) in [5, 5.41) is 2.76. The van der Waals surface area contributed by atoms with Crippen LogP contribution in [0, 0.1) is 20.8 Å². The third-order valence-corrected chi connectivity index (χ3v) is 4.59. The molecule has 0 radical (unpaired) electrons. The number of benzene rings is 1. The molecule has 25 heavy (non-hydrogen) atoms. The molecule has 5 heteroatoms. The smallest absolute Gasteiger partial charge is 0.340 e. The maximum absolute atomic E-state index is 12.5. The fourth-order valence-electron chi connectivity index (χ4n) is 3.04. The molecular weight excluding hydrogens is 316 g/mol. The quantitative estimate of drug-likeness (QED) is 0.839. The van der Waals surface area contributed by atoms with Crippen LogP contribution < -0.4 is 5.32 Å². The van der Waals surface area contributed by atoms with Crippen molar-refractivity contribution >= 4 is 17.6 Å². The van der Waals surface area contributed by atoms with E-state index in [9.17, 15) is 9.59 Å². The van der Waals surface area contributed by atoms with Gasteiger partial charge in [0.1, 0.15) is 0 Å². The van der Waals surface area contributed by atoms with Crippen LogP contribution in [0.15, 0.2) is 30.3 Å². The van der Waals surface area contributed by atoms with E-state index >= 15 is 0 Å². The van der Waals surface area contributed by atoms with Crippen molar-refractivity contribution in [3.63, 3.8) is 0 Å². The van der Waals surface area contributed by atoms with Crippen molar-refractivity contribution in [1.29, 1.82) is 0 Å². The summed E-state index contributed by atoms with van der Waals surface area (Å²) >= 11 is 0. The fraction of sp³-hybridized carbons (Fsp3) is 0.400. The van der Waals surface area contributed by atoms with Crippen molar-refractivity contribution < 1.29 is 14.3 Å². The number of aromatic nitrogens is 1. The summed E-state index contributed by atoms with van der Waals surface area (Å²) in [6.45, 7) is 7.49. The Morgan fingerprint density at radius 2 is 1.80 bits per heavy atom. The molecule has 1 aliphatic rings. The van der Waals surface area contributed by atoms with Gasteiger partial charge in [-0.2, -0.15) is 0 Å². The number of anilines is 1. The van der Waals surface area contributed by atoms with Crippen molar-refractivity contribution in [2.24, 2.45) is 0 Å². The van der Waals surface area contributed by atoms with Crippen molar-refractivity contribution in [3.8, 4) is 0 Å². The summed E-state index contributed by atoms with van der Waals surface area (Å²) in [4.78, 5) is 24.7. The molecule has 2 aromatic rings. The Kier molecular flexibility index (Phi) is 4.66. The predicted molar refractivity (Wildman–Crippen MR) is 96.9 cm³/mol. The molecule has 1 aromatic heterocycles. The Hall–Kier alpha value is -2.56. The number of hydrogen-bond acceptors (Lipinski definition) is 3. The topological polar surface area (TPSA) is 60.3 Å². The summed E-state index contributed by atoms with van der Waals surface area (Å²) in [5.41, 5.74) is 4.31. The van der Waals surface area contributed by atoms with Crippen LogP contribution in [0.3, 0.4) is 0 Å². The number of carbonyl (C=O) groups is 2. The molecule has 0 bridgehead atoms. The number of amides is 1. The van der Waals surface area contributed by atoms with Gasteiger partial charge in [-0.25, -0.2) is 4.79 Å². The Balaban J connectivity index is 1.65. The molecule has 5 nitrogen and oxygen atoms in total. The lowest BCUT2D eigenvalue weighted by molar-refractivity contribution is -0.123. The second kappa shape index (κ2) is 6.75.